The molecule has 0 spiro atoms. The maximum Gasteiger partial charge on any atom is 0.317 e. The molecule has 0 unspecified atom stereocenters. The van der Waals surface area contributed by atoms with Crippen LogP contribution in [0.15, 0.2) is 12.1 Å². The van der Waals surface area contributed by atoms with Crippen molar-refractivity contribution in [3.05, 3.63) is 23.0 Å². The molecule has 7 nitrogen and oxygen atoms in total. The lowest BCUT2D eigenvalue weighted by molar-refractivity contribution is 0.0659. The molecule has 0 radical (unpaired) electrons. The summed E-state index contributed by atoms with van der Waals surface area (Å²) in [5, 5.41) is 10.6. The quantitative estimate of drug-likeness (QED) is 0.875. The van der Waals surface area contributed by atoms with Crippen molar-refractivity contribution in [3.63, 3.8) is 0 Å². The molecule has 1 N–H and O–H groups in total. The third-order valence-corrected chi connectivity index (χ3v) is 4.13. The van der Waals surface area contributed by atoms with Crippen molar-refractivity contribution < 1.29 is 9.59 Å². The highest BCUT2D eigenvalue weighted by Gasteiger charge is 2.32. The first-order valence-electron chi connectivity index (χ1n) is 6.98. The van der Waals surface area contributed by atoms with Crippen LogP contribution < -0.4 is 5.32 Å². The summed E-state index contributed by atoms with van der Waals surface area (Å²) >= 11 is 5.67. The van der Waals surface area contributed by atoms with E-state index in [9.17, 15) is 9.59 Å². The van der Waals surface area contributed by atoms with Crippen molar-refractivity contribution >= 4 is 23.5 Å². The molecule has 1 aromatic heterocycles. The number of aromatic nitrogens is 2. The van der Waals surface area contributed by atoms with Crippen LogP contribution in [0.3, 0.4) is 0 Å². The fraction of sp³-hybridized carbons (Fsp3) is 0.538. The van der Waals surface area contributed by atoms with Crippen LogP contribution in [0, 0.1) is 0 Å². The minimum absolute atomic E-state index is 0.00310. The van der Waals surface area contributed by atoms with Gasteiger partial charge in [-0.3, -0.25) is 4.79 Å². The molecule has 3 heterocycles. The summed E-state index contributed by atoms with van der Waals surface area (Å²) in [5.41, 5.74) is 0.303. The Bertz CT molecular complexity index is 542. The van der Waals surface area contributed by atoms with Crippen molar-refractivity contribution in [3.8, 4) is 0 Å². The van der Waals surface area contributed by atoms with Crippen LogP contribution in [0.1, 0.15) is 23.3 Å². The van der Waals surface area contributed by atoms with Crippen LogP contribution >= 0.6 is 11.6 Å². The SMILES string of the molecule is O=C(c1ccc(Cl)nn1)N1CCC(N2CCNC2=O)CC1. The summed E-state index contributed by atoms with van der Waals surface area (Å²) in [6, 6.07) is 3.36. The number of halogens is 1. The summed E-state index contributed by atoms with van der Waals surface area (Å²) in [5.74, 6) is -0.136. The van der Waals surface area contributed by atoms with E-state index in [4.69, 9.17) is 11.6 Å². The lowest BCUT2D eigenvalue weighted by Crippen LogP contribution is -2.47. The Morgan fingerprint density at radius 1 is 1.24 bits per heavy atom. The van der Waals surface area contributed by atoms with Gasteiger partial charge in [0.1, 0.15) is 0 Å². The Balaban J connectivity index is 1.59. The summed E-state index contributed by atoms with van der Waals surface area (Å²) in [4.78, 5) is 27.6. The van der Waals surface area contributed by atoms with Gasteiger partial charge in [0.15, 0.2) is 10.8 Å². The highest BCUT2D eigenvalue weighted by atomic mass is 35.5. The van der Waals surface area contributed by atoms with Crippen LogP contribution in [-0.4, -0.2) is 64.2 Å². The smallest absolute Gasteiger partial charge is 0.317 e. The number of likely N-dealkylation sites (tertiary alicyclic amines) is 1. The van der Waals surface area contributed by atoms with Crippen LogP contribution in [0.4, 0.5) is 4.79 Å². The minimum Gasteiger partial charge on any atom is -0.337 e. The number of hydrogen-bond acceptors (Lipinski definition) is 4. The molecule has 2 aliphatic heterocycles. The van der Waals surface area contributed by atoms with Gasteiger partial charge in [0, 0.05) is 32.2 Å². The molecule has 0 aromatic carbocycles. The Kier molecular flexibility index (Phi) is 3.92. The van der Waals surface area contributed by atoms with Crippen LogP contribution in [0.5, 0.6) is 0 Å². The van der Waals surface area contributed by atoms with Gasteiger partial charge < -0.3 is 15.1 Å². The normalized spacial score (nSPS) is 19.8. The second-order valence-electron chi connectivity index (χ2n) is 5.19. The largest absolute Gasteiger partial charge is 0.337 e. The van der Waals surface area contributed by atoms with E-state index in [1.807, 2.05) is 4.90 Å². The number of carbonyl (C=O) groups is 2. The highest BCUT2D eigenvalue weighted by Crippen LogP contribution is 2.19. The molecule has 0 bridgehead atoms. The zero-order valence-corrected chi connectivity index (χ0v) is 12.2. The third kappa shape index (κ3) is 2.92. The van der Waals surface area contributed by atoms with Gasteiger partial charge in [-0.1, -0.05) is 11.6 Å². The average Bonchev–Trinajstić information content (AvgIpc) is 2.94. The Morgan fingerprint density at radius 2 is 2.00 bits per heavy atom. The molecule has 1 aromatic rings. The molecular weight excluding hydrogens is 294 g/mol. The Labute approximate surface area is 127 Å². The van der Waals surface area contributed by atoms with Gasteiger partial charge in [-0.05, 0) is 25.0 Å². The monoisotopic (exact) mass is 309 g/mol. The number of nitrogens with zero attached hydrogens (tertiary/aromatic N) is 4. The van der Waals surface area contributed by atoms with Crippen LogP contribution in [0.2, 0.25) is 5.15 Å². The fourth-order valence-electron chi connectivity index (χ4n) is 2.81. The maximum atomic E-state index is 12.3. The zero-order valence-electron chi connectivity index (χ0n) is 11.5. The molecule has 3 rings (SSSR count). The standard InChI is InChI=1S/C13H16ClN5O2/c14-11-2-1-10(16-17-11)12(20)18-6-3-9(4-7-18)19-8-5-15-13(19)21/h1-2,9H,3-8H2,(H,15,21). The van der Waals surface area contributed by atoms with Gasteiger partial charge in [-0.25, -0.2) is 4.79 Å². The number of rotatable bonds is 2. The molecule has 21 heavy (non-hydrogen) atoms. The second kappa shape index (κ2) is 5.85. The molecule has 2 fully saturated rings. The number of urea groups is 1. The van der Waals surface area contributed by atoms with E-state index in [2.05, 4.69) is 15.5 Å². The summed E-state index contributed by atoms with van der Waals surface area (Å²) in [6.07, 6.45) is 1.58. The molecule has 2 saturated heterocycles. The van der Waals surface area contributed by atoms with Crippen LogP contribution in [0.25, 0.3) is 0 Å². The molecule has 0 saturated carbocycles. The lowest BCUT2D eigenvalue weighted by Gasteiger charge is -2.35. The first-order chi connectivity index (χ1) is 10.1. The first kappa shape index (κ1) is 14.1. The number of carbonyl (C=O) groups excluding carboxylic acids is 2. The molecule has 3 amide bonds. The first-order valence-corrected chi connectivity index (χ1v) is 7.36. The predicted octanol–water partition coefficient (Wildman–Crippen LogP) is 0.760. The second-order valence-corrected chi connectivity index (χ2v) is 5.58. The summed E-state index contributed by atoms with van der Waals surface area (Å²) in [6.45, 7) is 2.70. The van der Waals surface area contributed by atoms with Crippen LogP contribution in [-0.2, 0) is 0 Å². The molecule has 0 atom stereocenters. The van der Waals surface area contributed by atoms with Gasteiger partial charge in [0.05, 0.1) is 0 Å². The van der Waals surface area contributed by atoms with E-state index in [1.54, 1.807) is 17.0 Å². The average molecular weight is 310 g/mol. The maximum absolute atomic E-state index is 12.3. The van der Waals surface area contributed by atoms with Gasteiger partial charge in [0.2, 0.25) is 0 Å². The fourth-order valence-corrected chi connectivity index (χ4v) is 2.91. The lowest BCUT2D eigenvalue weighted by atomic mass is 10.0. The minimum atomic E-state index is -0.136. The van der Waals surface area contributed by atoms with Crippen molar-refractivity contribution in [2.24, 2.45) is 0 Å². The van der Waals surface area contributed by atoms with E-state index in [0.717, 1.165) is 19.4 Å². The molecular formula is C13H16ClN5O2. The Hall–Kier alpha value is -1.89. The Morgan fingerprint density at radius 3 is 2.57 bits per heavy atom. The van der Waals surface area contributed by atoms with Crippen molar-refractivity contribution in [2.75, 3.05) is 26.2 Å². The highest BCUT2D eigenvalue weighted by molar-refractivity contribution is 6.29. The van der Waals surface area contributed by atoms with Gasteiger partial charge in [-0.2, -0.15) is 0 Å². The van der Waals surface area contributed by atoms with Crippen molar-refractivity contribution in [1.29, 1.82) is 0 Å². The number of hydrogen-bond donors (Lipinski definition) is 1. The predicted molar refractivity (Wildman–Crippen MR) is 76.1 cm³/mol. The molecule has 0 aliphatic carbocycles. The molecule has 112 valence electrons. The van der Waals surface area contributed by atoms with E-state index >= 15 is 0 Å². The van der Waals surface area contributed by atoms with Gasteiger partial charge in [0.25, 0.3) is 5.91 Å². The zero-order chi connectivity index (χ0) is 14.8. The van der Waals surface area contributed by atoms with E-state index in [1.165, 1.54) is 0 Å². The summed E-state index contributed by atoms with van der Waals surface area (Å²) < 4.78 is 0. The number of amides is 3. The van der Waals surface area contributed by atoms with E-state index < -0.39 is 0 Å². The third-order valence-electron chi connectivity index (χ3n) is 3.93. The summed E-state index contributed by atoms with van der Waals surface area (Å²) in [7, 11) is 0. The number of piperidine rings is 1. The van der Waals surface area contributed by atoms with Gasteiger partial charge in [-0.15, -0.1) is 10.2 Å². The molecule has 8 heteroatoms. The number of nitrogens with one attached hydrogen (secondary N) is 1. The van der Waals surface area contributed by atoms with E-state index in [-0.39, 0.29) is 23.1 Å². The van der Waals surface area contributed by atoms with Crippen molar-refractivity contribution in [2.45, 2.75) is 18.9 Å². The van der Waals surface area contributed by atoms with Gasteiger partial charge >= 0.3 is 6.03 Å². The van der Waals surface area contributed by atoms with E-state index in [0.29, 0.717) is 25.3 Å². The molecule has 2 aliphatic rings. The topological polar surface area (TPSA) is 78.4 Å². The van der Waals surface area contributed by atoms with Crippen molar-refractivity contribution in [1.82, 2.24) is 25.3 Å².